The fourth-order valence-corrected chi connectivity index (χ4v) is 3.41. The second-order valence-corrected chi connectivity index (χ2v) is 6.67. The minimum absolute atomic E-state index is 0.305. The maximum atomic E-state index is 9.79. The van der Waals surface area contributed by atoms with Crippen LogP contribution in [0.25, 0.3) is 0 Å². The molecule has 1 aromatic carbocycles. The maximum Gasteiger partial charge on any atom is 0.121 e. The SMILES string of the molecule is OC[C@@H](O)c1cc2n(n1)CCN(Cc1ccccc1Cn1cccn1)C2. The van der Waals surface area contributed by atoms with Gasteiger partial charge in [-0.15, -0.1) is 0 Å². The van der Waals surface area contributed by atoms with Crippen LogP contribution in [0.5, 0.6) is 0 Å². The molecule has 2 N–H and O–H groups in total. The molecule has 1 atom stereocenters. The van der Waals surface area contributed by atoms with Gasteiger partial charge in [0.05, 0.1) is 31.1 Å². The standard InChI is InChI=1S/C19H23N5O2/c25-14-19(26)18-10-17-13-22(8-9-24(17)21-18)11-15-4-1-2-5-16(15)12-23-7-3-6-20-23/h1-7,10,19,25-26H,8-9,11-14H2/t19-/m1/s1. The quantitative estimate of drug-likeness (QED) is 0.695. The third kappa shape index (κ3) is 3.55. The van der Waals surface area contributed by atoms with Crippen molar-refractivity contribution >= 4 is 0 Å². The molecule has 0 radical (unpaired) electrons. The van der Waals surface area contributed by atoms with Gasteiger partial charge in [-0.25, -0.2) is 0 Å². The van der Waals surface area contributed by atoms with Gasteiger partial charge in [0.25, 0.3) is 0 Å². The average molecular weight is 353 g/mol. The summed E-state index contributed by atoms with van der Waals surface area (Å²) in [6.07, 6.45) is 2.87. The summed E-state index contributed by atoms with van der Waals surface area (Å²) in [5, 5.41) is 27.6. The van der Waals surface area contributed by atoms with E-state index in [4.69, 9.17) is 5.11 Å². The van der Waals surface area contributed by atoms with Gasteiger partial charge in [0.1, 0.15) is 6.10 Å². The Morgan fingerprint density at radius 3 is 2.62 bits per heavy atom. The van der Waals surface area contributed by atoms with Crippen molar-refractivity contribution in [1.29, 1.82) is 0 Å². The molecule has 0 bridgehead atoms. The molecular weight excluding hydrogens is 330 g/mol. The highest BCUT2D eigenvalue weighted by molar-refractivity contribution is 5.27. The molecule has 1 aliphatic heterocycles. The molecule has 136 valence electrons. The van der Waals surface area contributed by atoms with Crippen LogP contribution in [-0.2, 0) is 26.2 Å². The van der Waals surface area contributed by atoms with Gasteiger partial charge in [-0.2, -0.15) is 10.2 Å². The maximum absolute atomic E-state index is 9.79. The van der Waals surface area contributed by atoms with E-state index in [1.54, 1.807) is 6.20 Å². The fourth-order valence-electron chi connectivity index (χ4n) is 3.41. The molecule has 1 aliphatic rings. The van der Waals surface area contributed by atoms with Gasteiger partial charge in [0.2, 0.25) is 0 Å². The molecule has 0 aliphatic carbocycles. The first-order valence-corrected chi connectivity index (χ1v) is 8.85. The molecule has 7 nitrogen and oxygen atoms in total. The van der Waals surface area contributed by atoms with E-state index in [2.05, 4.69) is 39.4 Å². The number of aliphatic hydroxyl groups is 2. The Labute approximate surface area is 152 Å². The lowest BCUT2D eigenvalue weighted by molar-refractivity contribution is 0.0915. The average Bonchev–Trinajstić information content (AvgIpc) is 3.32. The second-order valence-electron chi connectivity index (χ2n) is 6.67. The first-order chi connectivity index (χ1) is 12.7. The van der Waals surface area contributed by atoms with Gasteiger partial charge < -0.3 is 10.2 Å². The monoisotopic (exact) mass is 353 g/mol. The number of hydrogen-bond donors (Lipinski definition) is 2. The minimum Gasteiger partial charge on any atom is -0.393 e. The third-order valence-corrected chi connectivity index (χ3v) is 4.81. The predicted octanol–water partition coefficient (Wildman–Crippen LogP) is 1.17. The van der Waals surface area contributed by atoms with Crippen molar-refractivity contribution in [3.8, 4) is 0 Å². The van der Waals surface area contributed by atoms with E-state index in [-0.39, 0.29) is 6.61 Å². The highest BCUT2D eigenvalue weighted by atomic mass is 16.3. The van der Waals surface area contributed by atoms with Crippen molar-refractivity contribution in [3.05, 3.63) is 71.3 Å². The van der Waals surface area contributed by atoms with Gasteiger partial charge in [0, 0.05) is 32.0 Å². The van der Waals surface area contributed by atoms with Crippen LogP contribution in [0.4, 0.5) is 0 Å². The summed E-state index contributed by atoms with van der Waals surface area (Å²) in [7, 11) is 0. The lowest BCUT2D eigenvalue weighted by Gasteiger charge is -2.28. The summed E-state index contributed by atoms with van der Waals surface area (Å²) in [4.78, 5) is 2.38. The van der Waals surface area contributed by atoms with Crippen LogP contribution in [0.3, 0.4) is 0 Å². The molecule has 26 heavy (non-hydrogen) atoms. The van der Waals surface area contributed by atoms with Crippen LogP contribution in [0.2, 0.25) is 0 Å². The van der Waals surface area contributed by atoms with Crippen LogP contribution in [0, 0.1) is 0 Å². The number of benzene rings is 1. The van der Waals surface area contributed by atoms with Crippen LogP contribution in [0.15, 0.2) is 48.8 Å². The smallest absolute Gasteiger partial charge is 0.121 e. The number of hydrogen-bond acceptors (Lipinski definition) is 5. The van der Waals surface area contributed by atoms with E-state index in [0.717, 1.165) is 38.4 Å². The predicted molar refractivity (Wildman–Crippen MR) is 96.2 cm³/mol. The summed E-state index contributed by atoms with van der Waals surface area (Å²) in [5.41, 5.74) is 4.19. The van der Waals surface area contributed by atoms with Crippen molar-refractivity contribution in [2.24, 2.45) is 0 Å². The lowest BCUT2D eigenvalue weighted by atomic mass is 10.1. The molecule has 0 fully saturated rings. The van der Waals surface area contributed by atoms with Gasteiger partial charge >= 0.3 is 0 Å². The van der Waals surface area contributed by atoms with Crippen molar-refractivity contribution in [1.82, 2.24) is 24.5 Å². The highest BCUT2D eigenvalue weighted by Gasteiger charge is 2.21. The summed E-state index contributed by atoms with van der Waals surface area (Å²) < 4.78 is 3.87. The van der Waals surface area contributed by atoms with Gasteiger partial charge in [0.15, 0.2) is 0 Å². The Morgan fingerprint density at radius 1 is 1.08 bits per heavy atom. The van der Waals surface area contributed by atoms with Gasteiger partial charge in [-0.1, -0.05) is 24.3 Å². The summed E-state index contributed by atoms with van der Waals surface area (Å²) in [6, 6.07) is 12.3. The van der Waals surface area contributed by atoms with Crippen molar-refractivity contribution in [2.45, 2.75) is 32.3 Å². The third-order valence-electron chi connectivity index (χ3n) is 4.81. The van der Waals surface area contributed by atoms with Crippen LogP contribution < -0.4 is 0 Å². The Hall–Kier alpha value is -2.48. The van der Waals surface area contributed by atoms with Crippen molar-refractivity contribution < 1.29 is 10.2 Å². The van der Waals surface area contributed by atoms with Crippen molar-refractivity contribution in [3.63, 3.8) is 0 Å². The molecule has 0 amide bonds. The van der Waals surface area contributed by atoms with Crippen LogP contribution in [0.1, 0.15) is 28.6 Å². The van der Waals surface area contributed by atoms with Crippen molar-refractivity contribution in [2.75, 3.05) is 13.2 Å². The first kappa shape index (κ1) is 17.0. The molecule has 0 saturated carbocycles. The molecule has 7 heteroatoms. The summed E-state index contributed by atoms with van der Waals surface area (Å²) in [6.45, 7) is 3.79. The number of nitrogens with zero attached hydrogens (tertiary/aromatic N) is 5. The van der Waals surface area contributed by atoms with Crippen LogP contribution in [-0.4, -0.2) is 47.8 Å². The Balaban J connectivity index is 1.48. The highest BCUT2D eigenvalue weighted by Crippen LogP contribution is 2.21. The normalized spacial score (nSPS) is 15.8. The van der Waals surface area contributed by atoms with Gasteiger partial charge in [-0.3, -0.25) is 14.3 Å². The molecule has 3 heterocycles. The van der Waals surface area contributed by atoms with E-state index < -0.39 is 6.10 Å². The van der Waals surface area contributed by atoms with E-state index in [1.165, 1.54) is 11.1 Å². The fraction of sp³-hybridized carbons (Fsp3) is 0.368. The molecule has 4 rings (SSSR count). The zero-order chi connectivity index (χ0) is 17.9. The zero-order valence-corrected chi connectivity index (χ0v) is 14.6. The van der Waals surface area contributed by atoms with E-state index in [0.29, 0.717) is 5.69 Å². The number of aromatic nitrogens is 4. The van der Waals surface area contributed by atoms with E-state index in [1.807, 2.05) is 27.7 Å². The minimum atomic E-state index is -0.906. The largest absolute Gasteiger partial charge is 0.393 e. The summed E-state index contributed by atoms with van der Waals surface area (Å²) in [5.74, 6) is 0. The Bertz CT molecular complexity index is 859. The van der Waals surface area contributed by atoms with Crippen LogP contribution >= 0.6 is 0 Å². The second kappa shape index (κ2) is 7.41. The molecular formula is C19H23N5O2. The molecule has 0 unspecified atom stereocenters. The lowest BCUT2D eigenvalue weighted by Crippen LogP contribution is -2.33. The number of aliphatic hydroxyl groups excluding tert-OH is 2. The molecule has 3 aromatic rings. The number of fused-ring (bicyclic) bond motifs is 1. The van der Waals surface area contributed by atoms with E-state index in [9.17, 15) is 5.11 Å². The molecule has 0 saturated heterocycles. The Morgan fingerprint density at radius 2 is 1.88 bits per heavy atom. The molecule has 0 spiro atoms. The zero-order valence-electron chi connectivity index (χ0n) is 14.6. The summed E-state index contributed by atoms with van der Waals surface area (Å²) >= 11 is 0. The first-order valence-electron chi connectivity index (χ1n) is 8.85. The molecule has 2 aromatic heterocycles. The number of rotatable bonds is 6. The Kier molecular flexibility index (Phi) is 4.83. The topological polar surface area (TPSA) is 79.3 Å². The van der Waals surface area contributed by atoms with Gasteiger partial charge in [-0.05, 0) is 23.3 Å². The van der Waals surface area contributed by atoms with E-state index >= 15 is 0 Å².